The fraction of sp³-hybridized carbons (Fsp3) is 0.333. The van der Waals surface area contributed by atoms with Crippen LogP contribution in [-0.2, 0) is 13.6 Å². The van der Waals surface area contributed by atoms with Gasteiger partial charge in [-0.3, -0.25) is 4.79 Å². The Bertz CT molecular complexity index is 1040. The van der Waals surface area contributed by atoms with Crippen LogP contribution in [0.2, 0.25) is 0 Å². The lowest BCUT2D eigenvalue weighted by molar-refractivity contribution is 0.197. The Morgan fingerprint density at radius 2 is 2.11 bits per heavy atom. The van der Waals surface area contributed by atoms with E-state index in [-0.39, 0.29) is 36.6 Å². The Labute approximate surface area is 167 Å². The third kappa shape index (κ3) is 3.43. The second-order valence-electron chi connectivity index (χ2n) is 7.26. The maximum atomic E-state index is 12.7. The predicted octanol–water partition coefficient (Wildman–Crippen LogP) is 2.52. The molecule has 0 unspecified atom stereocenters. The van der Waals surface area contributed by atoms with E-state index in [4.69, 9.17) is 0 Å². The average molecular weight is 398 g/mol. The van der Waals surface area contributed by atoms with Crippen molar-refractivity contribution in [2.45, 2.75) is 12.5 Å². The van der Waals surface area contributed by atoms with Gasteiger partial charge >= 0.3 is 6.03 Å². The number of carbonyl (C=O) groups is 1. The number of pyridine rings is 1. The number of urea groups is 1. The molecule has 0 spiro atoms. The molecule has 2 aromatic heterocycles. The van der Waals surface area contributed by atoms with E-state index in [2.05, 4.69) is 16.8 Å². The second-order valence-corrected chi connectivity index (χ2v) is 8.04. The van der Waals surface area contributed by atoms with Crippen molar-refractivity contribution in [1.82, 2.24) is 14.8 Å². The largest absolute Gasteiger partial charge is 0.396 e. The summed E-state index contributed by atoms with van der Waals surface area (Å²) in [5.41, 5.74) is 2.49. The molecule has 28 heavy (non-hydrogen) atoms. The summed E-state index contributed by atoms with van der Waals surface area (Å²) in [6.07, 6.45) is 0. The zero-order valence-corrected chi connectivity index (χ0v) is 16.5. The van der Waals surface area contributed by atoms with Crippen LogP contribution >= 0.6 is 11.3 Å². The van der Waals surface area contributed by atoms with Crippen molar-refractivity contribution in [1.29, 1.82) is 0 Å². The number of aliphatic hydroxyl groups excluding tert-OH is 1. The molecule has 4 rings (SSSR count). The van der Waals surface area contributed by atoms with Gasteiger partial charge in [0.25, 0.3) is 5.56 Å². The van der Waals surface area contributed by atoms with Crippen LogP contribution in [0.4, 0.5) is 4.79 Å². The highest BCUT2D eigenvalue weighted by Crippen LogP contribution is 2.33. The molecule has 7 heteroatoms. The second kappa shape index (κ2) is 7.77. The number of hydrogen-bond donors (Lipinski definition) is 2. The first-order chi connectivity index (χ1) is 13.6. The molecule has 1 aliphatic rings. The Morgan fingerprint density at radius 1 is 1.29 bits per heavy atom. The van der Waals surface area contributed by atoms with Gasteiger partial charge in [0.2, 0.25) is 0 Å². The molecule has 2 amide bonds. The topological polar surface area (TPSA) is 74.6 Å². The minimum atomic E-state index is -0.202. The first kappa shape index (κ1) is 18.7. The predicted molar refractivity (Wildman–Crippen MR) is 111 cm³/mol. The summed E-state index contributed by atoms with van der Waals surface area (Å²) in [7, 11) is 1.74. The Morgan fingerprint density at radius 3 is 2.86 bits per heavy atom. The minimum absolute atomic E-state index is 0.0360. The molecule has 0 radical (unpaired) electrons. The monoisotopic (exact) mass is 397 g/mol. The van der Waals surface area contributed by atoms with Gasteiger partial charge in [-0.2, -0.15) is 11.3 Å². The number of nitrogens with zero attached hydrogens (tertiary/aromatic N) is 2. The maximum Gasteiger partial charge on any atom is 0.317 e. The number of aliphatic hydroxyl groups is 1. The summed E-state index contributed by atoms with van der Waals surface area (Å²) >= 11 is 1.62. The third-order valence-electron chi connectivity index (χ3n) is 5.57. The standard InChI is InChI=1S/C21H23N3O3S/c1-23-19-5-3-2-4-14(19)8-16(20(23)26)9-22-21(27)24-10-17(12-25)18(11-24)15-6-7-28-13-15/h2-8,13,17-18,25H,9-12H2,1H3,(H,22,27)/t17-,18-/m0/s1. The van der Waals surface area contributed by atoms with Crippen molar-refractivity contribution in [3.63, 3.8) is 0 Å². The molecule has 1 fully saturated rings. The average Bonchev–Trinajstić information content (AvgIpc) is 3.38. The molecule has 146 valence electrons. The summed E-state index contributed by atoms with van der Waals surface area (Å²) in [5.74, 6) is 0.185. The fourth-order valence-electron chi connectivity index (χ4n) is 3.98. The number of likely N-dealkylation sites (tertiary alicyclic amines) is 1. The Kier molecular flexibility index (Phi) is 5.19. The summed E-state index contributed by atoms with van der Waals surface area (Å²) in [4.78, 5) is 27.0. The van der Waals surface area contributed by atoms with Gasteiger partial charge in [-0.15, -0.1) is 0 Å². The summed E-state index contributed by atoms with van der Waals surface area (Å²) < 4.78 is 1.61. The van der Waals surface area contributed by atoms with Crippen molar-refractivity contribution in [2.24, 2.45) is 13.0 Å². The molecule has 1 aliphatic heterocycles. The fourth-order valence-corrected chi connectivity index (χ4v) is 4.71. The summed E-state index contributed by atoms with van der Waals surface area (Å²) in [6, 6.07) is 11.4. The van der Waals surface area contributed by atoms with E-state index in [1.807, 2.05) is 35.7 Å². The van der Waals surface area contributed by atoms with Crippen LogP contribution in [0.25, 0.3) is 10.9 Å². The van der Waals surface area contributed by atoms with Crippen LogP contribution in [0.15, 0.2) is 52.0 Å². The van der Waals surface area contributed by atoms with E-state index in [1.165, 1.54) is 5.56 Å². The molecule has 0 aliphatic carbocycles. The number of para-hydroxylation sites is 1. The number of carbonyl (C=O) groups excluding carboxylic acids is 1. The van der Waals surface area contributed by atoms with Gasteiger partial charge in [-0.1, -0.05) is 18.2 Å². The highest BCUT2D eigenvalue weighted by atomic mass is 32.1. The highest BCUT2D eigenvalue weighted by molar-refractivity contribution is 7.08. The molecular formula is C21H23N3O3S. The SMILES string of the molecule is Cn1c(=O)c(CNC(=O)N2C[C@@H](CO)[C@H](c3ccsc3)C2)cc2ccccc21. The zero-order valence-electron chi connectivity index (χ0n) is 15.7. The molecule has 0 saturated carbocycles. The summed E-state index contributed by atoms with van der Waals surface area (Å²) in [5, 5.41) is 17.6. The lowest BCUT2D eigenvalue weighted by Gasteiger charge is -2.17. The van der Waals surface area contributed by atoms with Crippen LogP contribution < -0.4 is 10.9 Å². The van der Waals surface area contributed by atoms with Gasteiger partial charge in [-0.25, -0.2) is 4.79 Å². The first-order valence-electron chi connectivity index (χ1n) is 9.32. The number of rotatable bonds is 4. The van der Waals surface area contributed by atoms with E-state index < -0.39 is 0 Å². The lowest BCUT2D eigenvalue weighted by Crippen LogP contribution is -2.39. The van der Waals surface area contributed by atoms with E-state index in [0.717, 1.165) is 10.9 Å². The number of nitrogens with one attached hydrogen (secondary N) is 1. The number of amides is 2. The van der Waals surface area contributed by atoms with Crippen LogP contribution in [-0.4, -0.2) is 40.3 Å². The first-order valence-corrected chi connectivity index (χ1v) is 10.3. The molecule has 2 atom stereocenters. The van der Waals surface area contributed by atoms with Crippen LogP contribution in [0, 0.1) is 5.92 Å². The van der Waals surface area contributed by atoms with E-state index in [9.17, 15) is 14.7 Å². The number of aryl methyl sites for hydroxylation is 1. The highest BCUT2D eigenvalue weighted by Gasteiger charge is 2.35. The number of hydrogen-bond acceptors (Lipinski definition) is 4. The molecule has 2 N–H and O–H groups in total. The van der Waals surface area contributed by atoms with Crippen LogP contribution in [0.5, 0.6) is 0 Å². The van der Waals surface area contributed by atoms with Crippen molar-refractivity contribution >= 4 is 28.3 Å². The van der Waals surface area contributed by atoms with Gasteiger partial charge in [0.1, 0.15) is 0 Å². The third-order valence-corrected chi connectivity index (χ3v) is 6.27. The molecule has 3 aromatic rings. The van der Waals surface area contributed by atoms with Gasteiger partial charge in [-0.05, 0) is 39.9 Å². The molecular weight excluding hydrogens is 374 g/mol. The van der Waals surface area contributed by atoms with Crippen LogP contribution in [0.1, 0.15) is 17.0 Å². The van der Waals surface area contributed by atoms with Crippen molar-refractivity contribution in [2.75, 3.05) is 19.7 Å². The summed E-state index contributed by atoms with van der Waals surface area (Å²) in [6.45, 7) is 1.32. The molecule has 1 aromatic carbocycles. The number of benzene rings is 1. The van der Waals surface area contributed by atoms with E-state index >= 15 is 0 Å². The van der Waals surface area contributed by atoms with Crippen molar-refractivity contribution < 1.29 is 9.90 Å². The number of thiophene rings is 1. The lowest BCUT2D eigenvalue weighted by atomic mass is 9.92. The van der Waals surface area contributed by atoms with Crippen molar-refractivity contribution in [3.8, 4) is 0 Å². The molecule has 6 nitrogen and oxygen atoms in total. The Balaban J connectivity index is 1.47. The van der Waals surface area contributed by atoms with E-state index in [1.54, 1.807) is 27.9 Å². The van der Waals surface area contributed by atoms with E-state index in [0.29, 0.717) is 18.7 Å². The van der Waals surface area contributed by atoms with Gasteiger partial charge < -0.3 is 19.9 Å². The number of fused-ring (bicyclic) bond motifs is 1. The molecule has 0 bridgehead atoms. The maximum absolute atomic E-state index is 12.7. The van der Waals surface area contributed by atoms with Gasteiger partial charge in [0.15, 0.2) is 0 Å². The van der Waals surface area contributed by atoms with Gasteiger partial charge in [0, 0.05) is 50.7 Å². The zero-order chi connectivity index (χ0) is 19.7. The Hall–Kier alpha value is -2.64. The van der Waals surface area contributed by atoms with Gasteiger partial charge in [0.05, 0.1) is 5.52 Å². The molecule has 3 heterocycles. The smallest absolute Gasteiger partial charge is 0.317 e. The molecule has 1 saturated heterocycles. The van der Waals surface area contributed by atoms with Crippen molar-refractivity contribution in [3.05, 3.63) is 68.6 Å². The quantitative estimate of drug-likeness (QED) is 0.710. The normalized spacial score (nSPS) is 19.3. The minimum Gasteiger partial charge on any atom is -0.396 e. The number of aromatic nitrogens is 1. The van der Waals surface area contributed by atoms with Crippen LogP contribution in [0.3, 0.4) is 0 Å².